The maximum atomic E-state index is 12.3. The molecule has 0 aliphatic heterocycles. The predicted molar refractivity (Wildman–Crippen MR) is 96.7 cm³/mol. The Balaban J connectivity index is 1.83. The lowest BCUT2D eigenvalue weighted by Crippen LogP contribution is -2.38. The third kappa shape index (κ3) is 4.36. The topological polar surface area (TPSA) is 60.4 Å². The average molecular weight is 344 g/mol. The van der Waals surface area contributed by atoms with Crippen molar-refractivity contribution in [1.29, 1.82) is 0 Å². The summed E-state index contributed by atoms with van der Waals surface area (Å²) in [5.41, 5.74) is 0.231. The highest BCUT2D eigenvalue weighted by Crippen LogP contribution is 2.42. The second-order valence-electron chi connectivity index (χ2n) is 7.22. The molecular weight excluding hydrogens is 316 g/mol. The Labute approximate surface area is 149 Å². The number of ketones is 3. The Morgan fingerprint density at radius 1 is 1.16 bits per heavy atom. The van der Waals surface area contributed by atoms with Gasteiger partial charge in [-0.25, -0.2) is 0 Å². The van der Waals surface area contributed by atoms with Crippen molar-refractivity contribution in [3.05, 3.63) is 29.8 Å². The Morgan fingerprint density at radius 2 is 1.84 bits per heavy atom. The molecule has 0 amide bonds. The minimum Gasteiger partial charge on any atom is -0.497 e. The zero-order valence-electron chi connectivity index (χ0n) is 15.5. The van der Waals surface area contributed by atoms with Crippen LogP contribution in [0.15, 0.2) is 24.3 Å². The van der Waals surface area contributed by atoms with Gasteiger partial charge in [0, 0.05) is 25.7 Å². The van der Waals surface area contributed by atoms with Crippen LogP contribution in [0.3, 0.4) is 0 Å². The Kier molecular flexibility index (Phi) is 6.51. The van der Waals surface area contributed by atoms with E-state index in [9.17, 15) is 14.4 Å². The van der Waals surface area contributed by atoms with Crippen molar-refractivity contribution in [1.82, 2.24) is 0 Å². The van der Waals surface area contributed by atoms with E-state index in [1.807, 2.05) is 38.1 Å². The lowest BCUT2D eigenvalue weighted by atomic mass is 9.70. The van der Waals surface area contributed by atoms with Crippen LogP contribution in [0.5, 0.6) is 5.75 Å². The molecule has 25 heavy (non-hydrogen) atoms. The van der Waals surface area contributed by atoms with Crippen molar-refractivity contribution in [3.8, 4) is 5.75 Å². The Hall–Kier alpha value is -1.97. The zero-order valence-corrected chi connectivity index (χ0v) is 15.5. The van der Waals surface area contributed by atoms with Gasteiger partial charge in [-0.1, -0.05) is 26.0 Å². The summed E-state index contributed by atoms with van der Waals surface area (Å²) in [4.78, 5) is 36.8. The van der Waals surface area contributed by atoms with E-state index in [1.54, 1.807) is 7.11 Å². The van der Waals surface area contributed by atoms with Crippen molar-refractivity contribution in [2.45, 2.75) is 58.8 Å². The van der Waals surface area contributed by atoms with E-state index < -0.39 is 5.41 Å². The van der Waals surface area contributed by atoms with Gasteiger partial charge in [0.15, 0.2) is 0 Å². The fourth-order valence-corrected chi connectivity index (χ4v) is 3.82. The molecule has 0 N–H and O–H groups in total. The summed E-state index contributed by atoms with van der Waals surface area (Å²) < 4.78 is 5.20. The van der Waals surface area contributed by atoms with E-state index in [0.717, 1.165) is 24.2 Å². The molecule has 0 atom stereocenters. The van der Waals surface area contributed by atoms with Crippen LogP contribution < -0.4 is 4.74 Å². The molecule has 0 radical (unpaired) electrons. The van der Waals surface area contributed by atoms with Crippen LogP contribution in [-0.2, 0) is 20.8 Å². The van der Waals surface area contributed by atoms with Gasteiger partial charge >= 0.3 is 0 Å². The molecule has 0 aromatic heterocycles. The van der Waals surface area contributed by atoms with Crippen LogP contribution >= 0.6 is 0 Å². The summed E-state index contributed by atoms with van der Waals surface area (Å²) in [6.45, 7) is 3.82. The lowest BCUT2D eigenvalue weighted by Gasteiger charge is -2.29. The molecule has 1 aromatic rings. The second-order valence-corrected chi connectivity index (χ2v) is 7.22. The third-order valence-electron chi connectivity index (χ3n) is 5.41. The maximum Gasteiger partial charge on any atom is 0.147 e. The number of methoxy groups -OCH3 is 1. The molecule has 1 aliphatic carbocycles. The van der Waals surface area contributed by atoms with Crippen molar-refractivity contribution in [2.75, 3.05) is 7.11 Å². The zero-order chi connectivity index (χ0) is 18.4. The van der Waals surface area contributed by atoms with Gasteiger partial charge in [0.25, 0.3) is 0 Å². The first-order valence-corrected chi connectivity index (χ1v) is 9.11. The molecule has 2 rings (SSSR count). The first-order chi connectivity index (χ1) is 11.9. The van der Waals surface area contributed by atoms with E-state index in [4.69, 9.17) is 4.74 Å². The van der Waals surface area contributed by atoms with Gasteiger partial charge in [0.1, 0.15) is 23.1 Å². The molecule has 4 heteroatoms. The van der Waals surface area contributed by atoms with Crippen molar-refractivity contribution in [3.63, 3.8) is 0 Å². The first kappa shape index (κ1) is 19.4. The number of rotatable bonds is 9. The summed E-state index contributed by atoms with van der Waals surface area (Å²) in [7, 11) is 1.64. The lowest BCUT2D eigenvalue weighted by molar-refractivity contribution is -0.138. The second kappa shape index (κ2) is 8.41. The molecule has 1 aliphatic rings. The molecule has 4 nitrogen and oxygen atoms in total. The fourth-order valence-electron chi connectivity index (χ4n) is 3.82. The highest BCUT2D eigenvalue weighted by molar-refractivity contribution is 6.13. The minimum atomic E-state index is -0.914. The molecule has 0 heterocycles. The first-order valence-electron chi connectivity index (χ1n) is 9.11. The molecule has 0 bridgehead atoms. The minimum absolute atomic E-state index is 0.0247. The van der Waals surface area contributed by atoms with E-state index in [1.165, 1.54) is 0 Å². The Bertz CT molecular complexity index is 629. The number of benzene rings is 1. The van der Waals surface area contributed by atoms with Gasteiger partial charge in [0.2, 0.25) is 0 Å². The highest BCUT2D eigenvalue weighted by Gasteiger charge is 2.51. The largest absolute Gasteiger partial charge is 0.497 e. The summed E-state index contributed by atoms with van der Waals surface area (Å²) in [5.74, 6) is 0.962. The maximum absolute atomic E-state index is 12.3. The van der Waals surface area contributed by atoms with E-state index in [0.29, 0.717) is 32.1 Å². The number of Topliss-reactive ketones (excluding diaryl/α,β-unsaturated/α-hetero) is 3. The van der Waals surface area contributed by atoms with Crippen LogP contribution in [0.4, 0.5) is 0 Å². The van der Waals surface area contributed by atoms with E-state index >= 15 is 0 Å². The molecular formula is C21H28O4. The highest BCUT2D eigenvalue weighted by atomic mass is 16.5. The van der Waals surface area contributed by atoms with Gasteiger partial charge in [-0.15, -0.1) is 0 Å². The van der Waals surface area contributed by atoms with Crippen LogP contribution in [0.1, 0.15) is 57.9 Å². The average Bonchev–Trinajstić information content (AvgIpc) is 2.88. The molecule has 0 saturated heterocycles. The molecule has 0 spiro atoms. The number of aryl methyl sites for hydroxylation is 1. The number of hydrogen-bond donors (Lipinski definition) is 0. The molecule has 1 saturated carbocycles. The fraction of sp³-hybridized carbons (Fsp3) is 0.571. The predicted octanol–water partition coefficient (Wildman–Crippen LogP) is 3.94. The Morgan fingerprint density at radius 3 is 2.44 bits per heavy atom. The number of ether oxygens (including phenoxy) is 1. The third-order valence-corrected chi connectivity index (χ3v) is 5.41. The van der Waals surface area contributed by atoms with E-state index in [2.05, 4.69) is 0 Å². The molecule has 1 fully saturated rings. The van der Waals surface area contributed by atoms with Gasteiger partial charge in [-0.2, -0.15) is 0 Å². The number of carbonyl (C=O) groups excluding carboxylic acids is 3. The van der Waals surface area contributed by atoms with Crippen LogP contribution in [-0.4, -0.2) is 24.5 Å². The molecule has 1 aromatic carbocycles. The van der Waals surface area contributed by atoms with Crippen molar-refractivity contribution < 1.29 is 19.1 Å². The number of hydrogen-bond acceptors (Lipinski definition) is 4. The summed E-state index contributed by atoms with van der Waals surface area (Å²) in [6, 6.07) is 7.85. The van der Waals surface area contributed by atoms with Crippen molar-refractivity contribution >= 4 is 17.3 Å². The van der Waals surface area contributed by atoms with Gasteiger partial charge in [-0.3, -0.25) is 14.4 Å². The summed E-state index contributed by atoms with van der Waals surface area (Å²) in [5, 5.41) is 0. The van der Waals surface area contributed by atoms with Gasteiger partial charge in [0.05, 0.1) is 12.5 Å². The molecule has 136 valence electrons. The van der Waals surface area contributed by atoms with Crippen LogP contribution in [0.2, 0.25) is 0 Å². The normalized spacial score (nSPS) is 16.5. The van der Waals surface area contributed by atoms with E-state index in [-0.39, 0.29) is 23.3 Å². The monoisotopic (exact) mass is 344 g/mol. The summed E-state index contributed by atoms with van der Waals surface area (Å²) >= 11 is 0. The van der Waals surface area contributed by atoms with Crippen molar-refractivity contribution in [2.24, 2.45) is 11.3 Å². The van der Waals surface area contributed by atoms with Gasteiger partial charge in [-0.05, 0) is 42.9 Å². The quantitative estimate of drug-likeness (QED) is 0.637. The smallest absolute Gasteiger partial charge is 0.147 e. The SMILES string of the molecule is COc1cccc(CCCC(=O)CCC2(C(C)C)C(=O)CCC2=O)c1. The molecule has 0 unspecified atom stereocenters. The standard InChI is InChI=1S/C21H28O4/c1-15(2)21(19(23)10-11-20(21)24)13-12-17(22)8-4-6-16-7-5-9-18(14-16)25-3/h5,7,9,14-15H,4,6,8,10-13H2,1-3H3. The summed E-state index contributed by atoms with van der Waals surface area (Å²) in [6.07, 6.45) is 3.42. The number of carbonyl (C=O) groups is 3. The van der Waals surface area contributed by atoms with Crippen LogP contribution in [0.25, 0.3) is 0 Å². The van der Waals surface area contributed by atoms with Gasteiger partial charge < -0.3 is 4.74 Å². The van der Waals surface area contributed by atoms with Crippen LogP contribution in [0, 0.1) is 11.3 Å².